The molecule has 2 N–H and O–H groups in total. The van der Waals surface area contributed by atoms with Gasteiger partial charge in [0.05, 0.1) is 6.61 Å². The van der Waals surface area contributed by atoms with Gasteiger partial charge in [0, 0.05) is 29.7 Å². The van der Waals surface area contributed by atoms with Crippen molar-refractivity contribution in [3.05, 3.63) is 18.5 Å². The first-order valence-electron chi connectivity index (χ1n) is 5.50. The van der Waals surface area contributed by atoms with Crippen molar-refractivity contribution in [1.82, 2.24) is 15.3 Å². The lowest BCUT2D eigenvalue weighted by atomic mass is 10.1. The summed E-state index contributed by atoms with van der Waals surface area (Å²) in [6, 6.07) is 2.40. The lowest BCUT2D eigenvalue weighted by Crippen LogP contribution is -2.49. The molecule has 1 aliphatic carbocycles. The van der Waals surface area contributed by atoms with Crippen molar-refractivity contribution in [2.75, 3.05) is 12.4 Å². The summed E-state index contributed by atoms with van der Waals surface area (Å²) in [5.41, 5.74) is -0.231. The summed E-state index contributed by atoms with van der Waals surface area (Å²) in [6.07, 6.45) is 5.92. The fraction of sp³-hybridized carbons (Fsp3) is 0.636. The molecule has 1 aliphatic rings. The van der Waals surface area contributed by atoms with Crippen LogP contribution in [0.1, 0.15) is 19.8 Å². The lowest BCUT2D eigenvalue weighted by Gasteiger charge is -2.28. The smallest absolute Gasteiger partial charge is 0.187 e. The second-order valence-corrected chi connectivity index (χ2v) is 5.40. The Morgan fingerprint density at radius 1 is 1.50 bits per heavy atom. The molecule has 0 saturated heterocycles. The number of nitrogens with one attached hydrogen (secondary N) is 1. The van der Waals surface area contributed by atoms with Crippen molar-refractivity contribution in [2.24, 2.45) is 0 Å². The first-order chi connectivity index (χ1) is 7.72. The monoisotopic (exact) mass is 239 g/mol. The van der Waals surface area contributed by atoms with Gasteiger partial charge in [-0.3, -0.25) is 0 Å². The Balaban J connectivity index is 1.86. The van der Waals surface area contributed by atoms with Crippen LogP contribution in [0.25, 0.3) is 0 Å². The third-order valence-corrected chi connectivity index (χ3v) is 3.79. The van der Waals surface area contributed by atoms with Gasteiger partial charge in [0.25, 0.3) is 0 Å². The van der Waals surface area contributed by atoms with Crippen LogP contribution in [-0.4, -0.2) is 39.0 Å². The van der Waals surface area contributed by atoms with E-state index in [1.807, 2.05) is 6.92 Å². The second kappa shape index (κ2) is 5.12. The molecule has 16 heavy (non-hydrogen) atoms. The molecule has 1 fully saturated rings. The number of aliphatic hydroxyl groups is 1. The van der Waals surface area contributed by atoms with E-state index in [4.69, 9.17) is 0 Å². The molecule has 0 aromatic carbocycles. The standard InChI is InChI=1S/C11H17N3OS/c1-11(7-15,14-9-3-4-9)8-16-10-12-5-2-6-13-10/h2,5-6,9,14-15H,3-4,7-8H2,1H3. The van der Waals surface area contributed by atoms with E-state index < -0.39 is 0 Å². The first-order valence-corrected chi connectivity index (χ1v) is 6.49. The molecule has 2 rings (SSSR count). The van der Waals surface area contributed by atoms with Crippen LogP contribution in [0.5, 0.6) is 0 Å². The fourth-order valence-electron chi connectivity index (χ4n) is 1.44. The number of nitrogens with zero attached hydrogens (tertiary/aromatic N) is 2. The molecule has 1 atom stereocenters. The molecule has 1 aromatic heterocycles. The van der Waals surface area contributed by atoms with Crippen LogP contribution in [0.3, 0.4) is 0 Å². The maximum absolute atomic E-state index is 9.42. The van der Waals surface area contributed by atoms with Gasteiger partial charge in [-0.1, -0.05) is 11.8 Å². The van der Waals surface area contributed by atoms with E-state index in [1.54, 1.807) is 30.2 Å². The zero-order chi connectivity index (χ0) is 11.4. The number of rotatable bonds is 6. The van der Waals surface area contributed by atoms with Crippen molar-refractivity contribution in [1.29, 1.82) is 0 Å². The summed E-state index contributed by atoms with van der Waals surface area (Å²) < 4.78 is 0. The molecular formula is C11H17N3OS. The van der Waals surface area contributed by atoms with Gasteiger partial charge < -0.3 is 10.4 Å². The molecule has 0 bridgehead atoms. The predicted octanol–water partition coefficient (Wildman–Crippen LogP) is 1.07. The number of thioether (sulfide) groups is 1. The molecule has 0 amide bonds. The Morgan fingerprint density at radius 2 is 2.19 bits per heavy atom. The third kappa shape index (κ3) is 3.43. The van der Waals surface area contributed by atoms with Gasteiger partial charge in [0.1, 0.15) is 0 Å². The maximum Gasteiger partial charge on any atom is 0.187 e. The van der Waals surface area contributed by atoms with Gasteiger partial charge in [0.2, 0.25) is 0 Å². The highest BCUT2D eigenvalue weighted by atomic mass is 32.2. The van der Waals surface area contributed by atoms with Crippen LogP contribution < -0.4 is 5.32 Å². The number of hydrogen-bond donors (Lipinski definition) is 2. The van der Waals surface area contributed by atoms with E-state index in [2.05, 4.69) is 15.3 Å². The third-order valence-electron chi connectivity index (χ3n) is 2.54. The molecule has 1 heterocycles. The van der Waals surface area contributed by atoms with Crippen molar-refractivity contribution in [3.63, 3.8) is 0 Å². The van der Waals surface area contributed by atoms with Crippen LogP contribution in [0, 0.1) is 0 Å². The van der Waals surface area contributed by atoms with Gasteiger partial charge >= 0.3 is 0 Å². The lowest BCUT2D eigenvalue weighted by molar-refractivity contribution is 0.190. The molecule has 0 radical (unpaired) electrons. The summed E-state index contributed by atoms with van der Waals surface area (Å²) in [4.78, 5) is 8.31. The summed E-state index contributed by atoms with van der Waals surface area (Å²) >= 11 is 1.58. The normalized spacial score (nSPS) is 19.4. The number of aromatic nitrogens is 2. The molecule has 0 aliphatic heterocycles. The van der Waals surface area contributed by atoms with Crippen LogP contribution in [0.15, 0.2) is 23.6 Å². The minimum absolute atomic E-state index is 0.142. The molecule has 88 valence electrons. The maximum atomic E-state index is 9.42. The minimum atomic E-state index is -0.231. The molecule has 5 heteroatoms. The van der Waals surface area contributed by atoms with Gasteiger partial charge in [-0.25, -0.2) is 9.97 Å². The van der Waals surface area contributed by atoms with Gasteiger partial charge in [-0.2, -0.15) is 0 Å². The number of hydrogen-bond acceptors (Lipinski definition) is 5. The zero-order valence-electron chi connectivity index (χ0n) is 9.39. The fourth-order valence-corrected chi connectivity index (χ4v) is 2.33. The molecule has 1 aromatic rings. The van der Waals surface area contributed by atoms with Crippen LogP contribution in [-0.2, 0) is 0 Å². The molecular weight excluding hydrogens is 222 g/mol. The van der Waals surface area contributed by atoms with E-state index in [1.165, 1.54) is 12.8 Å². The van der Waals surface area contributed by atoms with Crippen LogP contribution >= 0.6 is 11.8 Å². The van der Waals surface area contributed by atoms with E-state index in [-0.39, 0.29) is 12.1 Å². The number of aliphatic hydroxyl groups excluding tert-OH is 1. The molecule has 1 saturated carbocycles. The first kappa shape index (κ1) is 11.8. The van der Waals surface area contributed by atoms with Gasteiger partial charge in [-0.15, -0.1) is 0 Å². The molecule has 1 unspecified atom stereocenters. The quantitative estimate of drug-likeness (QED) is 0.574. The van der Waals surface area contributed by atoms with Crippen molar-refractivity contribution in [2.45, 2.75) is 36.5 Å². The Labute approximate surface area is 99.9 Å². The SMILES string of the molecule is CC(CO)(CSc1ncccn1)NC1CC1. The largest absolute Gasteiger partial charge is 0.394 e. The summed E-state index contributed by atoms with van der Waals surface area (Å²) in [5.74, 6) is 0.782. The average Bonchev–Trinajstić information content (AvgIpc) is 3.12. The van der Waals surface area contributed by atoms with Crippen molar-refractivity contribution in [3.8, 4) is 0 Å². The van der Waals surface area contributed by atoms with E-state index >= 15 is 0 Å². The Kier molecular flexibility index (Phi) is 3.78. The van der Waals surface area contributed by atoms with Crippen molar-refractivity contribution >= 4 is 11.8 Å². The van der Waals surface area contributed by atoms with Crippen LogP contribution in [0.4, 0.5) is 0 Å². The van der Waals surface area contributed by atoms with E-state index in [0.29, 0.717) is 6.04 Å². The second-order valence-electron chi connectivity index (χ2n) is 4.46. The van der Waals surface area contributed by atoms with E-state index in [9.17, 15) is 5.11 Å². The molecule has 0 spiro atoms. The summed E-state index contributed by atoms with van der Waals surface area (Å²) in [6.45, 7) is 2.19. The Morgan fingerprint density at radius 3 is 2.75 bits per heavy atom. The Hall–Kier alpha value is -0.650. The van der Waals surface area contributed by atoms with E-state index in [0.717, 1.165) is 10.9 Å². The zero-order valence-corrected chi connectivity index (χ0v) is 10.2. The molecule has 4 nitrogen and oxygen atoms in total. The van der Waals surface area contributed by atoms with Crippen molar-refractivity contribution < 1.29 is 5.11 Å². The van der Waals surface area contributed by atoms with Gasteiger partial charge in [-0.05, 0) is 25.8 Å². The Bertz CT molecular complexity index is 331. The summed E-state index contributed by atoms with van der Waals surface area (Å²) in [5, 5.41) is 13.6. The highest BCUT2D eigenvalue weighted by molar-refractivity contribution is 7.99. The van der Waals surface area contributed by atoms with Crippen LogP contribution in [0.2, 0.25) is 0 Å². The summed E-state index contributed by atoms with van der Waals surface area (Å²) in [7, 11) is 0. The highest BCUT2D eigenvalue weighted by Crippen LogP contribution is 2.25. The van der Waals surface area contributed by atoms with Gasteiger partial charge in [0.15, 0.2) is 5.16 Å². The topological polar surface area (TPSA) is 58.0 Å². The highest BCUT2D eigenvalue weighted by Gasteiger charge is 2.32. The predicted molar refractivity (Wildman–Crippen MR) is 64.4 cm³/mol. The average molecular weight is 239 g/mol. The minimum Gasteiger partial charge on any atom is -0.394 e.